The molecule has 0 aromatic heterocycles. The first-order valence-electron chi connectivity index (χ1n) is 8.92. The van der Waals surface area contributed by atoms with E-state index in [1.165, 1.54) is 42.5 Å². The number of carbonyl (C=O) groups excluding carboxylic acids is 1. The molecule has 2 N–H and O–H groups in total. The van der Waals surface area contributed by atoms with Gasteiger partial charge in [-0.05, 0) is 48.7 Å². The Morgan fingerprint density at radius 2 is 1.80 bits per heavy atom. The number of benzene rings is 2. The van der Waals surface area contributed by atoms with Crippen molar-refractivity contribution < 1.29 is 31.1 Å². The van der Waals surface area contributed by atoms with Gasteiger partial charge in [-0.15, -0.1) is 0 Å². The van der Waals surface area contributed by atoms with E-state index in [9.17, 15) is 26.4 Å². The van der Waals surface area contributed by atoms with Gasteiger partial charge >= 0.3 is 6.18 Å². The summed E-state index contributed by atoms with van der Waals surface area (Å²) < 4.78 is 68.4. The second-order valence-corrected chi connectivity index (χ2v) is 8.86. The zero-order chi connectivity index (χ0) is 21.9. The summed E-state index contributed by atoms with van der Waals surface area (Å²) in [6, 6.07) is 9.61. The Morgan fingerprint density at radius 1 is 1.13 bits per heavy atom. The lowest BCUT2D eigenvalue weighted by molar-refractivity contribution is -0.153. The monoisotopic (exact) mass is 462 g/mol. The van der Waals surface area contributed by atoms with Crippen LogP contribution in [0.2, 0.25) is 5.02 Å². The fourth-order valence-electron chi connectivity index (χ4n) is 2.49. The molecule has 162 valence electrons. The van der Waals surface area contributed by atoms with Crippen LogP contribution in [0.25, 0.3) is 0 Å². The van der Waals surface area contributed by atoms with E-state index in [2.05, 4.69) is 14.8 Å². The van der Waals surface area contributed by atoms with E-state index in [4.69, 9.17) is 11.6 Å². The minimum Gasteiger partial charge on any atom is -0.484 e. The van der Waals surface area contributed by atoms with Gasteiger partial charge in [0.15, 0.2) is 6.61 Å². The highest BCUT2D eigenvalue weighted by atomic mass is 35.5. The lowest BCUT2D eigenvalue weighted by Gasteiger charge is -2.11. The molecule has 6 nitrogen and oxygen atoms in total. The Kier molecular flexibility index (Phi) is 6.59. The van der Waals surface area contributed by atoms with E-state index >= 15 is 0 Å². The summed E-state index contributed by atoms with van der Waals surface area (Å²) in [7, 11) is -3.83. The minimum absolute atomic E-state index is 0.00847. The van der Waals surface area contributed by atoms with Crippen molar-refractivity contribution in [1.29, 1.82) is 0 Å². The number of hydrogen-bond donors (Lipinski definition) is 2. The molecule has 11 heteroatoms. The van der Waals surface area contributed by atoms with Crippen molar-refractivity contribution in [2.45, 2.75) is 36.5 Å². The molecule has 0 atom stereocenters. The summed E-state index contributed by atoms with van der Waals surface area (Å²) in [6.45, 7) is -1.30. The number of ether oxygens (including phenoxy) is 1. The van der Waals surface area contributed by atoms with Gasteiger partial charge in [-0.2, -0.15) is 13.2 Å². The van der Waals surface area contributed by atoms with Crippen LogP contribution in [0.3, 0.4) is 0 Å². The van der Waals surface area contributed by atoms with Gasteiger partial charge < -0.3 is 10.1 Å². The van der Waals surface area contributed by atoms with Crippen molar-refractivity contribution in [2.24, 2.45) is 0 Å². The second-order valence-electron chi connectivity index (χ2n) is 6.77. The molecule has 0 bridgehead atoms. The first kappa shape index (κ1) is 22.4. The SMILES string of the molecule is O=C(NCc1ccc(OCC(F)(F)F)cc1)c1ccc(Cl)c(S(=O)(=O)NC2CC2)c1. The third-order valence-corrected chi connectivity index (χ3v) is 6.16. The van der Waals surface area contributed by atoms with Crippen LogP contribution in [0.5, 0.6) is 5.75 Å². The summed E-state index contributed by atoms with van der Waals surface area (Å²) in [5.41, 5.74) is 0.737. The number of carbonyl (C=O) groups is 1. The molecule has 0 saturated heterocycles. The van der Waals surface area contributed by atoms with Crippen LogP contribution >= 0.6 is 11.6 Å². The van der Waals surface area contributed by atoms with Crippen LogP contribution in [0.4, 0.5) is 13.2 Å². The fraction of sp³-hybridized carbons (Fsp3) is 0.316. The molecule has 1 aliphatic carbocycles. The Hall–Kier alpha value is -2.30. The molecule has 1 saturated carbocycles. The van der Waals surface area contributed by atoms with Crippen LogP contribution in [-0.2, 0) is 16.6 Å². The molecule has 0 unspecified atom stereocenters. The summed E-state index contributed by atoms with van der Waals surface area (Å²) in [4.78, 5) is 12.2. The Bertz CT molecular complexity index is 1020. The van der Waals surface area contributed by atoms with Crippen LogP contribution in [0, 0.1) is 0 Å². The summed E-state index contributed by atoms with van der Waals surface area (Å²) in [5, 5.41) is 2.63. The van der Waals surface area contributed by atoms with Crippen LogP contribution in [0.1, 0.15) is 28.8 Å². The van der Waals surface area contributed by atoms with Crippen molar-refractivity contribution in [1.82, 2.24) is 10.0 Å². The van der Waals surface area contributed by atoms with Gasteiger partial charge in [0.2, 0.25) is 10.0 Å². The van der Waals surface area contributed by atoms with E-state index in [1.54, 1.807) is 0 Å². The second kappa shape index (κ2) is 8.83. The molecule has 3 rings (SSSR count). The first-order chi connectivity index (χ1) is 14.0. The molecule has 2 aromatic rings. The van der Waals surface area contributed by atoms with Crippen LogP contribution in [-0.4, -0.2) is 33.1 Å². The van der Waals surface area contributed by atoms with E-state index < -0.39 is 28.7 Å². The number of hydrogen-bond acceptors (Lipinski definition) is 4. The maximum atomic E-state index is 12.4. The average Bonchev–Trinajstić information content (AvgIpc) is 3.48. The van der Waals surface area contributed by atoms with Crippen molar-refractivity contribution in [3.8, 4) is 5.75 Å². The average molecular weight is 463 g/mol. The quantitative estimate of drug-likeness (QED) is 0.627. The minimum atomic E-state index is -4.42. The third-order valence-electron chi connectivity index (χ3n) is 4.16. The van der Waals surface area contributed by atoms with Gasteiger partial charge in [-0.1, -0.05) is 23.7 Å². The molecule has 30 heavy (non-hydrogen) atoms. The van der Waals surface area contributed by atoms with Crippen molar-refractivity contribution in [2.75, 3.05) is 6.61 Å². The highest BCUT2D eigenvalue weighted by Crippen LogP contribution is 2.27. The predicted octanol–water partition coefficient (Wildman–Crippen LogP) is 3.65. The molecular weight excluding hydrogens is 445 g/mol. The zero-order valence-corrected chi connectivity index (χ0v) is 17.1. The molecule has 1 amide bonds. The molecule has 0 heterocycles. The zero-order valence-electron chi connectivity index (χ0n) is 15.5. The highest BCUT2D eigenvalue weighted by molar-refractivity contribution is 7.89. The molecular formula is C19H18ClF3N2O4S. The van der Waals surface area contributed by atoms with E-state index in [0.717, 1.165) is 12.8 Å². The predicted molar refractivity (Wildman–Crippen MR) is 104 cm³/mol. The lowest BCUT2D eigenvalue weighted by atomic mass is 10.2. The van der Waals surface area contributed by atoms with Crippen molar-refractivity contribution >= 4 is 27.5 Å². The van der Waals surface area contributed by atoms with E-state index in [1.807, 2.05) is 0 Å². The first-order valence-corrected chi connectivity index (χ1v) is 10.8. The third kappa shape index (κ3) is 6.35. The van der Waals surface area contributed by atoms with E-state index in [-0.39, 0.29) is 33.8 Å². The summed E-state index contributed by atoms with van der Waals surface area (Å²) in [6.07, 6.45) is -2.90. The number of sulfonamides is 1. The maximum absolute atomic E-state index is 12.4. The number of halogens is 4. The Balaban J connectivity index is 1.61. The normalized spacial score (nSPS) is 14.4. The van der Waals surface area contributed by atoms with Gasteiger partial charge in [0.05, 0.1) is 5.02 Å². The van der Waals surface area contributed by atoms with Crippen molar-refractivity contribution in [3.63, 3.8) is 0 Å². The Labute approximate surface area is 176 Å². The highest BCUT2D eigenvalue weighted by Gasteiger charge is 2.30. The fourth-order valence-corrected chi connectivity index (χ4v) is 4.32. The van der Waals surface area contributed by atoms with Crippen LogP contribution in [0.15, 0.2) is 47.4 Å². The topological polar surface area (TPSA) is 84.5 Å². The van der Waals surface area contributed by atoms with Crippen LogP contribution < -0.4 is 14.8 Å². The van der Waals surface area contributed by atoms with Gasteiger partial charge in [-0.3, -0.25) is 4.79 Å². The smallest absolute Gasteiger partial charge is 0.422 e. The molecule has 0 aliphatic heterocycles. The molecule has 1 aliphatic rings. The number of amides is 1. The standard InChI is InChI=1S/C19H18ClF3N2O4S/c20-16-8-3-13(9-17(16)30(27,28)25-14-4-5-14)18(26)24-10-12-1-6-15(7-2-12)29-11-19(21,22)23/h1-3,6-9,14,25H,4-5,10-11H2,(H,24,26). The number of alkyl halides is 3. The number of rotatable bonds is 8. The summed E-state index contributed by atoms with van der Waals surface area (Å²) in [5.74, 6) is -0.468. The largest absolute Gasteiger partial charge is 0.484 e. The molecule has 0 spiro atoms. The molecule has 2 aromatic carbocycles. The van der Waals surface area contributed by atoms with Gasteiger partial charge in [0, 0.05) is 18.2 Å². The molecule has 0 radical (unpaired) electrons. The lowest BCUT2D eigenvalue weighted by Crippen LogP contribution is -2.27. The van der Waals surface area contributed by atoms with Gasteiger partial charge in [0.1, 0.15) is 10.6 Å². The number of nitrogens with one attached hydrogen (secondary N) is 2. The van der Waals surface area contributed by atoms with Crippen molar-refractivity contribution in [3.05, 3.63) is 58.6 Å². The van der Waals surface area contributed by atoms with Gasteiger partial charge in [0.25, 0.3) is 5.91 Å². The van der Waals surface area contributed by atoms with Gasteiger partial charge in [-0.25, -0.2) is 13.1 Å². The Morgan fingerprint density at radius 3 is 2.40 bits per heavy atom. The van der Waals surface area contributed by atoms with E-state index in [0.29, 0.717) is 5.56 Å². The maximum Gasteiger partial charge on any atom is 0.422 e. The molecule has 1 fully saturated rings. The summed E-state index contributed by atoms with van der Waals surface area (Å²) >= 11 is 6.00.